The number of nitrogens with zero attached hydrogens (tertiary/aromatic N) is 1. The first kappa shape index (κ1) is 19.0. The van der Waals surface area contributed by atoms with Gasteiger partial charge in [0.25, 0.3) is 5.91 Å². The van der Waals surface area contributed by atoms with Crippen molar-refractivity contribution in [2.45, 2.75) is 6.10 Å². The number of ether oxygens (including phenoxy) is 2. The first-order valence-corrected chi connectivity index (χ1v) is 8.79. The Morgan fingerprint density at radius 2 is 2.07 bits per heavy atom. The summed E-state index contributed by atoms with van der Waals surface area (Å²) >= 11 is 5.82. The molecule has 0 aliphatic carbocycles. The molecular weight excluding hydrogens is 370 g/mol. The molecule has 3 amide bonds. The highest BCUT2D eigenvalue weighted by Crippen LogP contribution is 2.23. The summed E-state index contributed by atoms with van der Waals surface area (Å²) in [6.07, 6.45) is -0.315. The lowest BCUT2D eigenvalue weighted by Gasteiger charge is -2.33. The molecule has 1 fully saturated rings. The number of anilines is 2. The zero-order valence-corrected chi connectivity index (χ0v) is 15.5. The van der Waals surface area contributed by atoms with Gasteiger partial charge in [-0.1, -0.05) is 17.7 Å². The Morgan fingerprint density at radius 3 is 2.81 bits per heavy atom. The number of amides is 3. The molecule has 7 nitrogen and oxygen atoms in total. The zero-order chi connectivity index (χ0) is 19.2. The molecule has 3 rings (SSSR count). The minimum absolute atomic E-state index is 0.0393. The molecule has 0 spiro atoms. The maximum Gasteiger partial charge on any atom is 0.319 e. The Morgan fingerprint density at radius 1 is 1.30 bits per heavy atom. The second-order valence-corrected chi connectivity index (χ2v) is 6.42. The predicted molar refractivity (Wildman–Crippen MR) is 104 cm³/mol. The quantitative estimate of drug-likeness (QED) is 0.824. The van der Waals surface area contributed by atoms with Crippen LogP contribution in [0, 0.1) is 0 Å². The topological polar surface area (TPSA) is 79.9 Å². The van der Waals surface area contributed by atoms with Crippen molar-refractivity contribution in [3.8, 4) is 5.75 Å². The number of benzene rings is 2. The van der Waals surface area contributed by atoms with Gasteiger partial charge in [0.15, 0.2) is 0 Å². The van der Waals surface area contributed by atoms with Gasteiger partial charge in [0.2, 0.25) is 0 Å². The van der Waals surface area contributed by atoms with Gasteiger partial charge in [0.1, 0.15) is 12.4 Å². The first-order valence-electron chi connectivity index (χ1n) is 8.41. The average Bonchev–Trinajstić information content (AvgIpc) is 2.69. The van der Waals surface area contributed by atoms with Gasteiger partial charge in [-0.2, -0.15) is 0 Å². The molecule has 1 aliphatic heterocycles. The SMILES string of the molecule is COc1cccc(N2CC(CNC(=O)Nc3ccc(Cl)cc3)OCC2=O)c1. The number of rotatable bonds is 5. The van der Waals surface area contributed by atoms with Crippen LogP contribution in [-0.2, 0) is 9.53 Å². The van der Waals surface area contributed by atoms with Crippen molar-refractivity contribution in [3.63, 3.8) is 0 Å². The number of hydrogen-bond acceptors (Lipinski definition) is 4. The average molecular weight is 390 g/mol. The minimum atomic E-state index is -0.356. The Kier molecular flexibility index (Phi) is 6.16. The van der Waals surface area contributed by atoms with E-state index in [9.17, 15) is 9.59 Å². The molecule has 142 valence electrons. The third-order valence-electron chi connectivity index (χ3n) is 4.09. The van der Waals surface area contributed by atoms with Crippen molar-refractivity contribution in [2.75, 3.05) is 37.0 Å². The van der Waals surface area contributed by atoms with E-state index in [-0.39, 0.29) is 31.2 Å². The molecule has 2 N–H and O–H groups in total. The number of carbonyl (C=O) groups is 2. The lowest BCUT2D eigenvalue weighted by molar-refractivity contribution is -0.129. The van der Waals surface area contributed by atoms with E-state index in [2.05, 4.69) is 10.6 Å². The van der Waals surface area contributed by atoms with E-state index < -0.39 is 0 Å². The van der Waals surface area contributed by atoms with Gasteiger partial charge < -0.3 is 25.0 Å². The van der Waals surface area contributed by atoms with Crippen LogP contribution in [-0.4, -0.2) is 44.8 Å². The standard InChI is InChI=1S/C19H20ClN3O4/c1-26-16-4-2-3-15(9-16)23-11-17(27-12-18(23)24)10-21-19(25)22-14-7-5-13(20)6-8-14/h2-9,17H,10-12H2,1H3,(H2,21,22,25). The van der Waals surface area contributed by atoms with Crippen molar-refractivity contribution in [1.29, 1.82) is 0 Å². The zero-order valence-electron chi connectivity index (χ0n) is 14.8. The fraction of sp³-hybridized carbons (Fsp3) is 0.263. The van der Waals surface area contributed by atoms with Crippen LogP contribution in [0.5, 0.6) is 5.75 Å². The van der Waals surface area contributed by atoms with E-state index in [0.29, 0.717) is 23.0 Å². The number of morpholine rings is 1. The van der Waals surface area contributed by atoms with Gasteiger partial charge in [-0.25, -0.2) is 4.79 Å². The fourth-order valence-electron chi connectivity index (χ4n) is 2.69. The smallest absolute Gasteiger partial charge is 0.319 e. The molecule has 1 aliphatic rings. The molecule has 1 heterocycles. The summed E-state index contributed by atoms with van der Waals surface area (Å²) in [6, 6.07) is 13.7. The molecule has 2 aromatic rings. The Balaban J connectivity index is 1.55. The van der Waals surface area contributed by atoms with Crippen LogP contribution in [0.25, 0.3) is 0 Å². The van der Waals surface area contributed by atoms with E-state index in [0.717, 1.165) is 5.69 Å². The highest BCUT2D eigenvalue weighted by molar-refractivity contribution is 6.30. The molecule has 0 aromatic heterocycles. The van der Waals surface area contributed by atoms with Crippen LogP contribution in [0.2, 0.25) is 5.02 Å². The normalized spacial score (nSPS) is 16.7. The van der Waals surface area contributed by atoms with Crippen LogP contribution in [0.4, 0.5) is 16.2 Å². The summed E-state index contributed by atoms with van der Waals surface area (Å²) in [7, 11) is 1.58. The molecule has 0 bridgehead atoms. The van der Waals surface area contributed by atoms with Crippen molar-refractivity contribution >= 4 is 34.9 Å². The highest BCUT2D eigenvalue weighted by atomic mass is 35.5. The van der Waals surface area contributed by atoms with E-state index in [1.54, 1.807) is 42.3 Å². The summed E-state index contributed by atoms with van der Waals surface area (Å²) in [5.74, 6) is 0.536. The summed E-state index contributed by atoms with van der Waals surface area (Å²) in [4.78, 5) is 25.9. The number of nitrogens with one attached hydrogen (secondary N) is 2. The summed E-state index contributed by atoms with van der Waals surface area (Å²) < 4.78 is 10.7. The predicted octanol–water partition coefficient (Wildman–Crippen LogP) is 2.90. The molecule has 1 saturated heterocycles. The molecule has 8 heteroatoms. The molecular formula is C19H20ClN3O4. The number of methoxy groups -OCH3 is 1. The van der Waals surface area contributed by atoms with E-state index in [1.807, 2.05) is 18.2 Å². The molecule has 27 heavy (non-hydrogen) atoms. The number of carbonyl (C=O) groups excluding carboxylic acids is 2. The van der Waals surface area contributed by atoms with Gasteiger partial charge in [-0.05, 0) is 36.4 Å². The van der Waals surface area contributed by atoms with Crippen LogP contribution >= 0.6 is 11.6 Å². The molecule has 1 unspecified atom stereocenters. The molecule has 1 atom stereocenters. The van der Waals surface area contributed by atoms with Crippen LogP contribution in [0.3, 0.4) is 0 Å². The third kappa shape index (κ3) is 5.12. The van der Waals surface area contributed by atoms with Crippen molar-refractivity contribution < 1.29 is 19.1 Å². The summed E-state index contributed by atoms with van der Waals surface area (Å²) in [5.41, 5.74) is 1.37. The molecule has 2 aromatic carbocycles. The molecule has 0 saturated carbocycles. The second kappa shape index (κ2) is 8.75. The number of urea groups is 1. The van der Waals surface area contributed by atoms with E-state index in [1.165, 1.54) is 0 Å². The number of halogens is 1. The fourth-order valence-corrected chi connectivity index (χ4v) is 2.82. The van der Waals surface area contributed by atoms with Crippen LogP contribution in [0.1, 0.15) is 0 Å². The Bertz CT molecular complexity index is 813. The van der Waals surface area contributed by atoms with Gasteiger partial charge in [0.05, 0.1) is 19.8 Å². The highest BCUT2D eigenvalue weighted by Gasteiger charge is 2.28. The number of hydrogen-bond donors (Lipinski definition) is 2. The van der Waals surface area contributed by atoms with Gasteiger partial charge >= 0.3 is 6.03 Å². The summed E-state index contributed by atoms with van der Waals surface area (Å²) in [5, 5.41) is 6.06. The van der Waals surface area contributed by atoms with Crippen molar-refractivity contribution in [1.82, 2.24) is 5.32 Å². The second-order valence-electron chi connectivity index (χ2n) is 5.98. The van der Waals surface area contributed by atoms with E-state index >= 15 is 0 Å². The first-order chi connectivity index (χ1) is 13.0. The maximum absolute atomic E-state index is 12.2. The van der Waals surface area contributed by atoms with E-state index in [4.69, 9.17) is 21.1 Å². The van der Waals surface area contributed by atoms with Crippen LogP contribution in [0.15, 0.2) is 48.5 Å². The van der Waals surface area contributed by atoms with Crippen molar-refractivity contribution in [3.05, 3.63) is 53.6 Å². The Hall–Kier alpha value is -2.77. The molecule has 0 radical (unpaired) electrons. The van der Waals surface area contributed by atoms with Crippen molar-refractivity contribution in [2.24, 2.45) is 0 Å². The monoisotopic (exact) mass is 389 g/mol. The maximum atomic E-state index is 12.2. The third-order valence-corrected chi connectivity index (χ3v) is 4.34. The summed E-state index contributed by atoms with van der Waals surface area (Å²) in [6.45, 7) is 0.572. The van der Waals surface area contributed by atoms with Gasteiger partial charge in [0, 0.05) is 29.0 Å². The largest absolute Gasteiger partial charge is 0.497 e. The lowest BCUT2D eigenvalue weighted by Crippen LogP contribution is -2.51. The van der Waals surface area contributed by atoms with Crippen LogP contribution < -0.4 is 20.3 Å². The van der Waals surface area contributed by atoms with Gasteiger partial charge in [-0.15, -0.1) is 0 Å². The van der Waals surface area contributed by atoms with Gasteiger partial charge in [-0.3, -0.25) is 4.79 Å². The Labute approximate surface area is 162 Å². The lowest BCUT2D eigenvalue weighted by atomic mass is 10.2. The minimum Gasteiger partial charge on any atom is -0.497 e.